The smallest absolute Gasteiger partial charge is 0.394 e. The van der Waals surface area contributed by atoms with Crippen LogP contribution in [-0.2, 0) is 11.0 Å². The molecule has 0 saturated carbocycles. The van der Waals surface area contributed by atoms with Crippen molar-refractivity contribution in [2.45, 2.75) is 20.3 Å². The van der Waals surface area contributed by atoms with E-state index in [1.54, 1.807) is 37.5 Å². The summed E-state index contributed by atoms with van der Waals surface area (Å²) in [5.41, 5.74) is 2.27. The molecule has 0 aromatic heterocycles. The lowest BCUT2D eigenvalue weighted by Crippen LogP contribution is -2.24. The first-order chi connectivity index (χ1) is 8.31. The molecule has 0 radical (unpaired) electrons. The highest BCUT2D eigenvalue weighted by Crippen LogP contribution is 2.51. The minimum Gasteiger partial charge on any atom is -0.422 e. The Kier molecular flexibility index (Phi) is 4.97. The van der Waals surface area contributed by atoms with Gasteiger partial charge in [0, 0.05) is 0 Å². The summed E-state index contributed by atoms with van der Waals surface area (Å²) in [6.07, 6.45) is 0.859. The Bertz CT molecular complexity index is 446. The second kappa shape index (κ2) is 5.87. The normalized spacial score (nSPS) is 12.2. The fourth-order valence-electron chi connectivity index (χ4n) is 1.72. The maximum atomic E-state index is 12.8. The fourth-order valence-corrected chi connectivity index (χ4v) is 3.20. The Morgan fingerprint density at radius 1 is 1.17 bits per heavy atom. The van der Waals surface area contributed by atoms with Crippen LogP contribution in [0.5, 0.6) is 5.75 Å². The molecule has 0 amide bonds. The zero-order chi connectivity index (χ0) is 13.9. The van der Waals surface area contributed by atoms with Crippen molar-refractivity contribution in [1.29, 1.82) is 0 Å². The lowest BCUT2D eigenvalue weighted by molar-refractivity contribution is 0.352. The van der Waals surface area contributed by atoms with Crippen LogP contribution in [0.25, 0.3) is 0 Å². The molecular formula is C13H23N2O2P. The van der Waals surface area contributed by atoms with Gasteiger partial charge in [-0.05, 0) is 53.2 Å². The fraction of sp³-hybridized carbons (Fsp3) is 0.538. The molecule has 1 aromatic rings. The minimum absolute atomic E-state index is 0.703. The first-order valence-corrected chi connectivity index (χ1v) is 7.59. The van der Waals surface area contributed by atoms with E-state index in [0.29, 0.717) is 5.75 Å². The van der Waals surface area contributed by atoms with Crippen molar-refractivity contribution in [3.63, 3.8) is 0 Å². The van der Waals surface area contributed by atoms with Gasteiger partial charge in [0.15, 0.2) is 0 Å². The average molecular weight is 270 g/mol. The predicted octanol–water partition coefficient (Wildman–Crippen LogP) is 3.17. The molecule has 0 heterocycles. The number of hydrogen-bond acceptors (Lipinski definition) is 2. The highest BCUT2D eigenvalue weighted by atomic mass is 31.2. The Morgan fingerprint density at radius 2 is 1.72 bits per heavy atom. The van der Waals surface area contributed by atoms with Crippen LogP contribution < -0.4 is 4.52 Å². The van der Waals surface area contributed by atoms with Crippen LogP contribution in [0.15, 0.2) is 18.2 Å². The molecule has 1 aromatic carbocycles. The predicted molar refractivity (Wildman–Crippen MR) is 76.2 cm³/mol. The van der Waals surface area contributed by atoms with Gasteiger partial charge in [-0.2, -0.15) is 0 Å². The summed E-state index contributed by atoms with van der Waals surface area (Å²) in [7, 11) is 4.08. The largest absolute Gasteiger partial charge is 0.422 e. The summed E-state index contributed by atoms with van der Waals surface area (Å²) < 4.78 is 21.8. The van der Waals surface area contributed by atoms with E-state index in [0.717, 1.165) is 12.0 Å². The van der Waals surface area contributed by atoms with E-state index in [1.165, 1.54) is 5.56 Å². The highest BCUT2D eigenvalue weighted by Gasteiger charge is 2.31. The molecule has 18 heavy (non-hydrogen) atoms. The average Bonchev–Trinajstić information content (AvgIpc) is 2.30. The molecule has 0 N–H and O–H groups in total. The van der Waals surface area contributed by atoms with E-state index in [9.17, 15) is 4.57 Å². The maximum absolute atomic E-state index is 12.8. The van der Waals surface area contributed by atoms with Crippen LogP contribution in [0.2, 0.25) is 0 Å². The molecule has 4 nitrogen and oxygen atoms in total. The Morgan fingerprint density at radius 3 is 2.17 bits per heavy atom. The number of rotatable bonds is 5. The molecular weight excluding hydrogens is 247 g/mol. The van der Waals surface area contributed by atoms with E-state index in [2.05, 4.69) is 13.0 Å². The maximum Gasteiger partial charge on any atom is 0.394 e. The Hall–Kier alpha value is -0.830. The lowest BCUT2D eigenvalue weighted by atomic mass is 10.1. The van der Waals surface area contributed by atoms with Gasteiger partial charge in [0.1, 0.15) is 5.75 Å². The van der Waals surface area contributed by atoms with Crippen molar-refractivity contribution >= 4 is 7.67 Å². The molecule has 0 saturated heterocycles. The second-order valence-electron chi connectivity index (χ2n) is 4.74. The topological polar surface area (TPSA) is 32.8 Å². The van der Waals surface area contributed by atoms with Gasteiger partial charge in [-0.3, -0.25) is 0 Å². The highest BCUT2D eigenvalue weighted by molar-refractivity contribution is 7.54. The van der Waals surface area contributed by atoms with Crippen LogP contribution in [0, 0.1) is 6.92 Å². The van der Waals surface area contributed by atoms with Crippen LogP contribution >= 0.6 is 7.67 Å². The molecule has 1 rings (SSSR count). The van der Waals surface area contributed by atoms with Gasteiger partial charge in [0.25, 0.3) is 0 Å². The lowest BCUT2D eigenvalue weighted by Gasteiger charge is -2.30. The zero-order valence-electron chi connectivity index (χ0n) is 12.1. The van der Waals surface area contributed by atoms with Gasteiger partial charge in [-0.15, -0.1) is 0 Å². The van der Waals surface area contributed by atoms with Crippen LogP contribution in [0.3, 0.4) is 0 Å². The number of aryl methyl sites for hydroxylation is 2. The Labute approximate surface area is 110 Å². The Balaban J connectivity index is 3.13. The summed E-state index contributed by atoms with van der Waals surface area (Å²) >= 11 is 0. The van der Waals surface area contributed by atoms with E-state index in [1.807, 2.05) is 19.1 Å². The molecule has 0 atom stereocenters. The molecule has 0 aliphatic rings. The van der Waals surface area contributed by atoms with Crippen LogP contribution in [0.4, 0.5) is 0 Å². The number of hydrogen-bond donors (Lipinski definition) is 0. The SMILES string of the molecule is CCc1cc(C)ccc1OP(=O)(N(C)C)N(C)C. The second-order valence-corrected chi connectivity index (χ2v) is 7.50. The summed E-state index contributed by atoms with van der Waals surface area (Å²) in [5, 5.41) is 0. The first-order valence-electron chi connectivity index (χ1n) is 6.06. The monoisotopic (exact) mass is 270 g/mol. The van der Waals surface area contributed by atoms with Crippen LogP contribution in [0.1, 0.15) is 18.1 Å². The minimum atomic E-state index is -2.97. The van der Waals surface area contributed by atoms with Gasteiger partial charge < -0.3 is 4.52 Å². The van der Waals surface area contributed by atoms with Crippen molar-refractivity contribution in [3.05, 3.63) is 29.3 Å². The summed E-state index contributed by atoms with van der Waals surface area (Å²) in [6, 6.07) is 5.95. The third kappa shape index (κ3) is 3.14. The van der Waals surface area contributed by atoms with E-state index < -0.39 is 7.67 Å². The number of benzene rings is 1. The van der Waals surface area contributed by atoms with E-state index >= 15 is 0 Å². The summed E-state index contributed by atoms with van der Waals surface area (Å²) in [6.45, 7) is 4.11. The molecule has 0 unspecified atom stereocenters. The van der Waals surface area contributed by atoms with Gasteiger partial charge in [-0.1, -0.05) is 24.6 Å². The molecule has 0 bridgehead atoms. The van der Waals surface area contributed by atoms with E-state index in [-0.39, 0.29) is 0 Å². The van der Waals surface area contributed by atoms with Gasteiger partial charge in [-0.25, -0.2) is 13.9 Å². The third-order valence-corrected chi connectivity index (χ3v) is 5.28. The summed E-state index contributed by atoms with van der Waals surface area (Å²) in [4.78, 5) is 0. The van der Waals surface area contributed by atoms with Crippen molar-refractivity contribution in [2.75, 3.05) is 28.2 Å². The molecule has 102 valence electrons. The third-order valence-electron chi connectivity index (χ3n) is 2.83. The standard InChI is InChI=1S/C13H23N2O2P/c1-7-12-10-11(2)8-9-13(12)17-18(16,14(3)4)15(5)6/h8-10H,7H2,1-6H3. The van der Waals surface area contributed by atoms with Gasteiger partial charge >= 0.3 is 7.67 Å². The van der Waals surface area contributed by atoms with E-state index in [4.69, 9.17) is 4.52 Å². The molecule has 0 fully saturated rings. The van der Waals surface area contributed by atoms with Crippen molar-refractivity contribution in [1.82, 2.24) is 9.34 Å². The van der Waals surface area contributed by atoms with Crippen molar-refractivity contribution in [3.8, 4) is 5.75 Å². The van der Waals surface area contributed by atoms with Gasteiger partial charge in [0.2, 0.25) is 0 Å². The van der Waals surface area contributed by atoms with Gasteiger partial charge in [0.05, 0.1) is 0 Å². The first kappa shape index (κ1) is 15.2. The molecule has 0 aliphatic heterocycles. The van der Waals surface area contributed by atoms with Crippen molar-refractivity contribution < 1.29 is 9.09 Å². The molecule has 0 spiro atoms. The van der Waals surface area contributed by atoms with Crippen LogP contribution in [-0.4, -0.2) is 37.5 Å². The molecule has 0 aliphatic carbocycles. The zero-order valence-corrected chi connectivity index (χ0v) is 13.0. The quantitative estimate of drug-likeness (QED) is 0.769. The number of nitrogens with zero attached hydrogens (tertiary/aromatic N) is 2. The summed E-state index contributed by atoms with van der Waals surface area (Å²) in [5.74, 6) is 0.703. The van der Waals surface area contributed by atoms with Crippen molar-refractivity contribution in [2.24, 2.45) is 0 Å². The molecule has 5 heteroatoms.